The van der Waals surface area contributed by atoms with E-state index in [4.69, 9.17) is 0 Å². The van der Waals surface area contributed by atoms with Crippen LogP contribution in [-0.4, -0.2) is 22.9 Å². The Labute approximate surface area is 127 Å². The van der Waals surface area contributed by atoms with Gasteiger partial charge in [-0.1, -0.05) is 49.6 Å². The predicted octanol–water partition coefficient (Wildman–Crippen LogP) is 3.72. The lowest BCUT2D eigenvalue weighted by Crippen LogP contribution is -2.27. The zero-order valence-electron chi connectivity index (χ0n) is 12.7. The van der Waals surface area contributed by atoms with Crippen molar-refractivity contribution < 1.29 is 0 Å². The summed E-state index contributed by atoms with van der Waals surface area (Å²) in [5.74, 6) is 0.899. The van der Waals surface area contributed by atoms with Gasteiger partial charge in [0.25, 0.3) is 0 Å². The summed E-state index contributed by atoms with van der Waals surface area (Å²) in [6, 6.07) is 10.4. The van der Waals surface area contributed by atoms with Crippen LogP contribution in [0.25, 0.3) is 11.1 Å². The van der Waals surface area contributed by atoms with Gasteiger partial charge >= 0.3 is 0 Å². The molecule has 2 aromatic rings. The van der Waals surface area contributed by atoms with E-state index in [2.05, 4.69) is 40.9 Å². The monoisotopic (exact) mass is 283 g/mol. The van der Waals surface area contributed by atoms with Crippen molar-refractivity contribution in [3.8, 4) is 11.1 Å². The molecule has 0 spiro atoms. The van der Waals surface area contributed by atoms with E-state index in [1.807, 2.05) is 16.9 Å². The minimum Gasteiger partial charge on any atom is -0.315 e. The number of nitrogens with zero attached hydrogens (tertiary/aromatic N) is 2. The van der Waals surface area contributed by atoms with E-state index >= 15 is 0 Å². The van der Waals surface area contributed by atoms with Gasteiger partial charge in [-0.15, -0.1) is 0 Å². The first-order valence-electron chi connectivity index (χ1n) is 8.20. The van der Waals surface area contributed by atoms with Gasteiger partial charge in [-0.05, 0) is 30.9 Å². The van der Waals surface area contributed by atoms with Gasteiger partial charge in [0.1, 0.15) is 0 Å². The van der Waals surface area contributed by atoms with E-state index < -0.39 is 0 Å². The Kier molecular flexibility index (Phi) is 5.06. The van der Waals surface area contributed by atoms with Crippen molar-refractivity contribution in [2.24, 2.45) is 5.92 Å². The number of aromatic nitrogens is 2. The minimum absolute atomic E-state index is 0.899. The maximum atomic E-state index is 4.45. The number of benzene rings is 1. The smallest absolute Gasteiger partial charge is 0.0568 e. The van der Waals surface area contributed by atoms with Crippen molar-refractivity contribution in [1.29, 1.82) is 0 Å². The first-order chi connectivity index (χ1) is 10.4. The van der Waals surface area contributed by atoms with Crippen LogP contribution in [0.5, 0.6) is 0 Å². The van der Waals surface area contributed by atoms with E-state index in [9.17, 15) is 0 Å². The Balaban J connectivity index is 1.42. The molecule has 0 unspecified atom stereocenters. The first-order valence-corrected chi connectivity index (χ1v) is 8.20. The van der Waals surface area contributed by atoms with Crippen molar-refractivity contribution in [2.45, 2.75) is 38.6 Å². The summed E-state index contributed by atoms with van der Waals surface area (Å²) < 4.78 is 2.04. The number of hydrogen-bond acceptors (Lipinski definition) is 2. The molecule has 1 heterocycles. The molecule has 1 aromatic heterocycles. The topological polar surface area (TPSA) is 29.9 Å². The van der Waals surface area contributed by atoms with Crippen LogP contribution in [0, 0.1) is 5.92 Å². The van der Waals surface area contributed by atoms with Gasteiger partial charge in [-0.2, -0.15) is 5.10 Å². The maximum absolute atomic E-state index is 4.45. The van der Waals surface area contributed by atoms with Gasteiger partial charge in [-0.3, -0.25) is 4.68 Å². The number of nitrogens with one attached hydrogen (secondary N) is 1. The highest BCUT2D eigenvalue weighted by Gasteiger charge is 2.12. The molecule has 0 radical (unpaired) electrons. The minimum atomic E-state index is 0.899. The average Bonchev–Trinajstić information content (AvgIpc) is 3.02. The van der Waals surface area contributed by atoms with Crippen molar-refractivity contribution in [2.75, 3.05) is 13.1 Å². The molecule has 1 fully saturated rings. The van der Waals surface area contributed by atoms with Crippen molar-refractivity contribution in [3.05, 3.63) is 42.7 Å². The van der Waals surface area contributed by atoms with E-state index in [1.165, 1.54) is 49.8 Å². The van der Waals surface area contributed by atoms with Crippen LogP contribution in [0.2, 0.25) is 0 Å². The highest BCUT2D eigenvalue weighted by molar-refractivity contribution is 5.61. The van der Waals surface area contributed by atoms with Crippen LogP contribution in [0.15, 0.2) is 42.7 Å². The van der Waals surface area contributed by atoms with E-state index in [0.29, 0.717) is 0 Å². The molecular formula is C18H25N3. The van der Waals surface area contributed by atoms with Gasteiger partial charge in [-0.25, -0.2) is 0 Å². The second-order valence-corrected chi connectivity index (χ2v) is 6.07. The summed E-state index contributed by atoms with van der Waals surface area (Å²) >= 11 is 0. The summed E-state index contributed by atoms with van der Waals surface area (Å²) in [6.45, 7) is 3.12. The molecule has 1 aliphatic carbocycles. The molecule has 3 nitrogen and oxygen atoms in total. The van der Waals surface area contributed by atoms with Gasteiger partial charge in [0.2, 0.25) is 0 Å². The molecule has 0 bridgehead atoms. The Hall–Kier alpha value is -1.61. The Bertz CT molecular complexity index is 526. The lowest BCUT2D eigenvalue weighted by atomic mass is 9.89. The Morgan fingerprint density at radius 1 is 1.05 bits per heavy atom. The molecule has 0 atom stereocenters. The van der Waals surface area contributed by atoms with Gasteiger partial charge in [0.15, 0.2) is 0 Å². The summed E-state index contributed by atoms with van der Waals surface area (Å²) in [6.07, 6.45) is 11.2. The van der Waals surface area contributed by atoms with Crippen molar-refractivity contribution in [3.63, 3.8) is 0 Å². The molecule has 1 aromatic carbocycles. The fourth-order valence-corrected chi connectivity index (χ4v) is 3.16. The second-order valence-electron chi connectivity index (χ2n) is 6.07. The van der Waals surface area contributed by atoms with E-state index in [-0.39, 0.29) is 0 Å². The highest BCUT2D eigenvalue weighted by atomic mass is 15.3. The molecule has 0 amide bonds. The van der Waals surface area contributed by atoms with Crippen LogP contribution in [0.3, 0.4) is 0 Å². The van der Waals surface area contributed by atoms with Gasteiger partial charge < -0.3 is 5.32 Å². The molecule has 0 aliphatic heterocycles. The summed E-state index contributed by atoms with van der Waals surface area (Å²) in [5, 5.41) is 8.05. The molecule has 112 valence electrons. The molecule has 3 heteroatoms. The van der Waals surface area contributed by atoms with Crippen LogP contribution < -0.4 is 5.32 Å². The quantitative estimate of drug-likeness (QED) is 0.819. The zero-order valence-corrected chi connectivity index (χ0v) is 12.7. The average molecular weight is 283 g/mol. The van der Waals surface area contributed by atoms with Crippen molar-refractivity contribution in [1.82, 2.24) is 15.1 Å². The second kappa shape index (κ2) is 7.41. The number of hydrogen-bond donors (Lipinski definition) is 1. The first kappa shape index (κ1) is 14.3. The van der Waals surface area contributed by atoms with Crippen LogP contribution in [0.4, 0.5) is 0 Å². The molecule has 1 saturated carbocycles. The SMILES string of the molecule is c1ccc(-c2cnn(CCNCC3CCCCC3)c2)cc1. The van der Waals surface area contributed by atoms with Crippen LogP contribution >= 0.6 is 0 Å². The molecule has 21 heavy (non-hydrogen) atoms. The molecule has 1 aliphatic rings. The lowest BCUT2D eigenvalue weighted by Gasteiger charge is -2.21. The standard InChI is InChI=1S/C18H25N3/c1-3-7-16(8-4-1)13-19-11-12-21-15-18(14-20-21)17-9-5-2-6-10-17/h2,5-6,9-10,14-16,19H,1,3-4,7-8,11-13H2. The fourth-order valence-electron chi connectivity index (χ4n) is 3.16. The van der Waals surface area contributed by atoms with Crippen LogP contribution in [-0.2, 0) is 6.54 Å². The van der Waals surface area contributed by atoms with Gasteiger partial charge in [0.05, 0.1) is 12.7 Å². The Morgan fingerprint density at radius 3 is 2.67 bits per heavy atom. The molecular weight excluding hydrogens is 258 g/mol. The van der Waals surface area contributed by atoms with Gasteiger partial charge in [0, 0.05) is 18.3 Å². The number of rotatable bonds is 6. The molecule has 0 saturated heterocycles. The predicted molar refractivity (Wildman–Crippen MR) is 87.1 cm³/mol. The summed E-state index contributed by atoms with van der Waals surface area (Å²) in [4.78, 5) is 0. The summed E-state index contributed by atoms with van der Waals surface area (Å²) in [7, 11) is 0. The van der Waals surface area contributed by atoms with E-state index in [1.54, 1.807) is 0 Å². The third kappa shape index (κ3) is 4.18. The van der Waals surface area contributed by atoms with Crippen molar-refractivity contribution >= 4 is 0 Å². The lowest BCUT2D eigenvalue weighted by molar-refractivity contribution is 0.339. The third-order valence-corrected chi connectivity index (χ3v) is 4.42. The zero-order chi connectivity index (χ0) is 14.3. The summed E-state index contributed by atoms with van der Waals surface area (Å²) in [5.41, 5.74) is 2.43. The third-order valence-electron chi connectivity index (χ3n) is 4.42. The Morgan fingerprint density at radius 2 is 1.86 bits per heavy atom. The fraction of sp³-hybridized carbons (Fsp3) is 0.500. The molecule has 3 rings (SSSR count). The largest absolute Gasteiger partial charge is 0.315 e. The molecule has 1 N–H and O–H groups in total. The maximum Gasteiger partial charge on any atom is 0.0568 e. The highest BCUT2D eigenvalue weighted by Crippen LogP contribution is 2.22. The van der Waals surface area contributed by atoms with Crippen LogP contribution in [0.1, 0.15) is 32.1 Å². The van der Waals surface area contributed by atoms with E-state index in [0.717, 1.165) is 19.0 Å². The normalized spacial score (nSPS) is 16.2.